The highest BCUT2D eigenvalue weighted by Crippen LogP contribution is 2.51. The van der Waals surface area contributed by atoms with Gasteiger partial charge >= 0.3 is 23.9 Å². The maximum Gasteiger partial charge on any atom is 0.423 e. The van der Waals surface area contributed by atoms with Gasteiger partial charge < -0.3 is 18.9 Å². The number of hydrogen-bond acceptors (Lipinski definition) is 8. The van der Waals surface area contributed by atoms with Crippen LogP contribution in [0.5, 0.6) is 11.5 Å². The summed E-state index contributed by atoms with van der Waals surface area (Å²) < 4.78 is 21.3. The van der Waals surface area contributed by atoms with Gasteiger partial charge in [0.25, 0.3) is 0 Å². The monoisotopic (exact) mass is 782 g/mol. The zero-order valence-corrected chi connectivity index (χ0v) is 31.4. The molecular weight excluding hydrogens is 749 g/mol. The molecule has 4 unspecified atom stereocenters. The molecule has 0 N–H and O–H groups in total. The first kappa shape index (κ1) is 38.9. The van der Waals surface area contributed by atoms with E-state index in [0.29, 0.717) is 24.7 Å². The van der Waals surface area contributed by atoms with Gasteiger partial charge in [0.05, 0.1) is 43.3 Å². The number of hydrogen-bond donors (Lipinski definition) is 0. The fourth-order valence-electron chi connectivity index (χ4n) is 6.32. The second-order valence-electron chi connectivity index (χ2n) is 12.8. The zero-order valence-electron chi connectivity index (χ0n) is 26.9. The predicted molar refractivity (Wildman–Crippen MR) is 186 cm³/mol. The maximum absolute atomic E-state index is 13.2. The van der Waals surface area contributed by atoms with Gasteiger partial charge in [-0.1, -0.05) is 110 Å². The number of esters is 4. The number of rotatable bonds is 12. The molecule has 0 radical (unpaired) electrons. The highest BCUT2D eigenvalue weighted by Gasteiger charge is 2.42. The molecule has 0 heterocycles. The lowest BCUT2D eigenvalue weighted by molar-refractivity contribution is -0.156. The van der Waals surface area contributed by atoms with Crippen LogP contribution in [0.3, 0.4) is 0 Å². The highest BCUT2D eigenvalue weighted by molar-refractivity contribution is 6.47. The van der Waals surface area contributed by atoms with E-state index in [1.165, 1.54) is 0 Å². The summed E-state index contributed by atoms with van der Waals surface area (Å²) >= 11 is 37.5. The Labute approximate surface area is 309 Å². The lowest BCUT2D eigenvalue weighted by Gasteiger charge is -2.47. The van der Waals surface area contributed by atoms with Crippen LogP contribution in [-0.4, -0.2) is 37.1 Å². The summed E-state index contributed by atoms with van der Waals surface area (Å²) in [6.07, 6.45) is 7.51. The third-order valence-corrected chi connectivity index (χ3v) is 12.5. The molecule has 0 amide bonds. The van der Waals surface area contributed by atoms with Crippen molar-refractivity contribution in [3.63, 3.8) is 0 Å². The normalized spacial score (nSPS) is 23.0. The lowest BCUT2D eigenvalue weighted by atomic mass is 9.59. The quantitative estimate of drug-likeness (QED) is 0.0907. The van der Waals surface area contributed by atoms with Gasteiger partial charge in [0.2, 0.25) is 0 Å². The van der Waals surface area contributed by atoms with Gasteiger partial charge in [0.1, 0.15) is 11.1 Å². The van der Waals surface area contributed by atoms with Gasteiger partial charge in [0, 0.05) is 0 Å². The van der Waals surface area contributed by atoms with Crippen molar-refractivity contribution in [1.29, 1.82) is 0 Å². The number of ether oxygens (including phenoxy) is 4. The van der Waals surface area contributed by atoms with Gasteiger partial charge in [-0.15, -0.1) is 0 Å². The van der Waals surface area contributed by atoms with Crippen molar-refractivity contribution in [1.82, 2.24) is 0 Å². The molecule has 2 aliphatic carbocycles. The van der Waals surface area contributed by atoms with E-state index >= 15 is 0 Å². The topological polar surface area (TPSA) is 105 Å². The number of halogens is 6. The van der Waals surface area contributed by atoms with E-state index in [4.69, 9.17) is 88.6 Å². The maximum atomic E-state index is 13.2. The molecule has 4 rings (SSSR count). The minimum atomic E-state index is -1.64. The average Bonchev–Trinajstić information content (AvgIpc) is 3.04. The molecule has 0 aromatic heterocycles. The minimum absolute atomic E-state index is 0.0717. The molecule has 0 bridgehead atoms. The third-order valence-electron chi connectivity index (χ3n) is 10.3. The summed E-state index contributed by atoms with van der Waals surface area (Å²) in [5.41, 5.74) is -0.537. The standard InChI is InChI=1S/C34H36Cl6O8/c1-5-33(3)11-7-17(33)9-13-45-29(41)23-25(39)19(35)15-21(37)27(23)47-31(43)32(44)48-28-22(38)16-20(36)26(40)24(28)30(42)46-14-10-18-8-12-34(18,4)6-2/h15-18H,5-14H2,1-4H3. The number of carbonyl (C=O) groups excluding carboxylic acids is 4. The Kier molecular flexibility index (Phi) is 12.9. The van der Waals surface area contributed by atoms with Crippen molar-refractivity contribution in [3.8, 4) is 11.5 Å². The van der Waals surface area contributed by atoms with E-state index in [1.54, 1.807) is 0 Å². The van der Waals surface area contributed by atoms with Crippen LogP contribution in [0.2, 0.25) is 30.1 Å². The fourth-order valence-corrected chi connectivity index (χ4v) is 7.76. The van der Waals surface area contributed by atoms with Crippen molar-refractivity contribution in [2.75, 3.05) is 13.2 Å². The molecule has 2 aromatic carbocycles. The van der Waals surface area contributed by atoms with E-state index in [0.717, 1.165) is 50.7 Å². The summed E-state index contributed by atoms with van der Waals surface area (Å²) in [6, 6.07) is 2.27. The van der Waals surface area contributed by atoms with E-state index in [9.17, 15) is 19.2 Å². The molecular formula is C34H36Cl6O8. The molecule has 2 saturated carbocycles. The first-order valence-corrected chi connectivity index (χ1v) is 18.0. The summed E-state index contributed by atoms with van der Waals surface area (Å²) in [7, 11) is 0. The van der Waals surface area contributed by atoms with Crippen LogP contribution in [0.25, 0.3) is 0 Å². The van der Waals surface area contributed by atoms with Crippen molar-refractivity contribution < 1.29 is 38.1 Å². The SMILES string of the molecule is CCC1(C)CCC1CCOC(=O)c1c(Cl)c(Cl)cc(Cl)c1OC(=O)C(=O)Oc1c(Cl)cc(Cl)c(Cl)c1C(=O)OCCC1CCC1(C)CC. The van der Waals surface area contributed by atoms with Crippen molar-refractivity contribution >= 4 is 93.5 Å². The Morgan fingerprint density at radius 2 is 1.00 bits per heavy atom. The molecule has 8 nitrogen and oxygen atoms in total. The van der Waals surface area contributed by atoms with Gasteiger partial charge in [-0.2, -0.15) is 0 Å². The summed E-state index contributed by atoms with van der Waals surface area (Å²) in [4.78, 5) is 52.3. The van der Waals surface area contributed by atoms with Gasteiger partial charge in [0.15, 0.2) is 11.5 Å². The van der Waals surface area contributed by atoms with Gasteiger partial charge in [-0.3, -0.25) is 0 Å². The summed E-state index contributed by atoms with van der Waals surface area (Å²) in [5.74, 6) is -5.57. The molecule has 48 heavy (non-hydrogen) atoms. The summed E-state index contributed by atoms with van der Waals surface area (Å²) in [5, 5.41) is -1.45. The second-order valence-corrected chi connectivity index (χ2v) is 15.2. The van der Waals surface area contributed by atoms with Crippen molar-refractivity contribution in [3.05, 3.63) is 53.4 Å². The Morgan fingerprint density at radius 1 is 0.646 bits per heavy atom. The van der Waals surface area contributed by atoms with Crippen molar-refractivity contribution in [2.24, 2.45) is 22.7 Å². The molecule has 0 aliphatic heterocycles. The molecule has 2 fully saturated rings. The van der Waals surface area contributed by atoms with E-state index in [1.807, 2.05) is 0 Å². The average molecular weight is 785 g/mol. The molecule has 4 atom stereocenters. The zero-order chi connectivity index (χ0) is 35.6. The smallest absolute Gasteiger partial charge is 0.423 e. The third kappa shape index (κ3) is 8.16. The van der Waals surface area contributed by atoms with Crippen LogP contribution in [0.4, 0.5) is 0 Å². The van der Waals surface area contributed by atoms with Crippen LogP contribution in [0.15, 0.2) is 12.1 Å². The minimum Gasteiger partial charge on any atom is -0.462 e. The highest BCUT2D eigenvalue weighted by atomic mass is 35.5. The van der Waals surface area contributed by atoms with Crippen molar-refractivity contribution in [2.45, 2.75) is 79.1 Å². The Balaban J connectivity index is 1.49. The van der Waals surface area contributed by atoms with E-state index in [-0.39, 0.29) is 54.2 Å². The van der Waals surface area contributed by atoms with Gasteiger partial charge in [-0.05, 0) is 73.3 Å². The molecule has 0 spiro atoms. The van der Waals surface area contributed by atoms with Crippen LogP contribution in [0.1, 0.15) is 99.8 Å². The molecule has 262 valence electrons. The first-order valence-electron chi connectivity index (χ1n) is 15.7. The van der Waals surface area contributed by atoms with E-state index < -0.39 is 46.5 Å². The van der Waals surface area contributed by atoms with Crippen LogP contribution < -0.4 is 9.47 Å². The van der Waals surface area contributed by atoms with Gasteiger partial charge in [-0.25, -0.2) is 19.2 Å². The second kappa shape index (κ2) is 15.9. The van der Waals surface area contributed by atoms with Crippen LogP contribution in [-0.2, 0) is 19.1 Å². The van der Waals surface area contributed by atoms with E-state index in [2.05, 4.69) is 27.7 Å². The lowest BCUT2D eigenvalue weighted by Crippen LogP contribution is -2.37. The number of benzene rings is 2. The number of carbonyl (C=O) groups is 4. The molecule has 0 saturated heterocycles. The fraction of sp³-hybridized carbons (Fsp3) is 0.529. The Hall–Kier alpha value is -1.94. The van der Waals surface area contributed by atoms with Crippen LogP contribution >= 0.6 is 69.6 Å². The molecule has 2 aliphatic rings. The predicted octanol–water partition coefficient (Wildman–Crippen LogP) is 10.9. The first-order chi connectivity index (χ1) is 22.6. The Bertz CT molecular complexity index is 1490. The molecule has 14 heteroatoms. The summed E-state index contributed by atoms with van der Waals surface area (Å²) in [6.45, 7) is 8.78. The largest absolute Gasteiger partial charge is 0.462 e. The molecule has 2 aromatic rings. The Morgan fingerprint density at radius 3 is 1.29 bits per heavy atom. The van der Waals surface area contributed by atoms with Crippen LogP contribution in [0, 0.1) is 22.7 Å².